The second-order valence-electron chi connectivity index (χ2n) is 3.07. The Morgan fingerprint density at radius 3 is 2.59 bits per heavy atom. The number of rotatable bonds is 3. The van der Waals surface area contributed by atoms with E-state index in [2.05, 4.69) is 58.1 Å². The molecule has 0 aliphatic carbocycles. The Bertz CT molecular complexity index is 544. The normalized spacial score (nSPS) is 10.4. The lowest BCUT2D eigenvalue weighted by atomic mass is 10.3. The minimum atomic E-state index is 0.770. The van der Waals surface area contributed by atoms with Crippen LogP contribution in [-0.4, -0.2) is 12.1 Å². The van der Waals surface area contributed by atoms with E-state index in [1.807, 2.05) is 17.5 Å². The average molecular weight is 443 g/mol. The molecule has 0 radical (unpaired) electrons. The molecule has 0 amide bonds. The van der Waals surface area contributed by atoms with Gasteiger partial charge in [-0.2, -0.15) is 0 Å². The molecular formula is C10H7Br3N2OS. The molecule has 1 aromatic carbocycles. The van der Waals surface area contributed by atoms with Gasteiger partial charge in [0.2, 0.25) is 0 Å². The van der Waals surface area contributed by atoms with Crippen LogP contribution in [-0.2, 0) is 0 Å². The maximum absolute atomic E-state index is 5.25. The van der Waals surface area contributed by atoms with Crippen LogP contribution >= 0.6 is 59.1 Å². The van der Waals surface area contributed by atoms with Gasteiger partial charge in [0, 0.05) is 15.9 Å². The smallest absolute Gasteiger partial charge is 0.188 e. The number of methoxy groups -OCH3 is 1. The van der Waals surface area contributed by atoms with E-state index in [1.165, 1.54) is 11.3 Å². The second-order valence-corrected chi connectivity index (χ2v) is 6.45. The van der Waals surface area contributed by atoms with Gasteiger partial charge in [-0.05, 0) is 53.9 Å². The number of ether oxygens (including phenoxy) is 1. The van der Waals surface area contributed by atoms with Crippen LogP contribution in [0.15, 0.2) is 31.1 Å². The largest absolute Gasteiger partial charge is 0.495 e. The number of anilines is 2. The Hall–Kier alpha value is -0.110. The Labute approximate surface area is 128 Å². The maximum atomic E-state index is 5.25. The lowest BCUT2D eigenvalue weighted by Crippen LogP contribution is -1.93. The molecule has 0 aliphatic rings. The van der Waals surface area contributed by atoms with Crippen molar-refractivity contribution in [3.05, 3.63) is 31.1 Å². The number of hydrogen-bond acceptors (Lipinski definition) is 4. The maximum Gasteiger partial charge on any atom is 0.188 e. The minimum absolute atomic E-state index is 0.770. The Morgan fingerprint density at radius 1 is 1.24 bits per heavy atom. The van der Waals surface area contributed by atoms with Crippen LogP contribution in [0.2, 0.25) is 0 Å². The summed E-state index contributed by atoms with van der Waals surface area (Å²) >= 11 is 11.8. The molecule has 0 fully saturated rings. The van der Waals surface area contributed by atoms with Gasteiger partial charge < -0.3 is 10.1 Å². The van der Waals surface area contributed by atoms with E-state index in [0.717, 1.165) is 30.1 Å². The highest BCUT2D eigenvalue weighted by Gasteiger charge is 2.08. The fraction of sp³-hybridized carbons (Fsp3) is 0.100. The molecule has 0 atom stereocenters. The summed E-state index contributed by atoms with van der Waals surface area (Å²) in [5.41, 5.74) is 0.909. The van der Waals surface area contributed by atoms with Crippen LogP contribution in [0.25, 0.3) is 0 Å². The standard InChI is InChI=1S/C10H7Br3N2OS/c1-16-8-3-7(5(11)2-6(8)12)14-10-15-9(13)4-17-10/h2-4H,1H3,(H,14,15). The van der Waals surface area contributed by atoms with E-state index in [1.54, 1.807) is 7.11 Å². The minimum Gasteiger partial charge on any atom is -0.495 e. The highest BCUT2D eigenvalue weighted by atomic mass is 79.9. The van der Waals surface area contributed by atoms with Crippen LogP contribution in [0.1, 0.15) is 0 Å². The number of thiazole rings is 1. The zero-order valence-electron chi connectivity index (χ0n) is 8.63. The lowest BCUT2D eigenvalue weighted by molar-refractivity contribution is 0.412. The summed E-state index contributed by atoms with van der Waals surface area (Å²) in [6.07, 6.45) is 0. The van der Waals surface area contributed by atoms with Crippen molar-refractivity contribution in [3.63, 3.8) is 0 Å². The van der Waals surface area contributed by atoms with Crippen molar-refractivity contribution in [2.45, 2.75) is 0 Å². The number of benzene rings is 1. The summed E-state index contributed by atoms with van der Waals surface area (Å²) < 4.78 is 7.92. The molecule has 17 heavy (non-hydrogen) atoms. The average Bonchev–Trinajstić information content (AvgIpc) is 2.68. The third-order valence-electron chi connectivity index (χ3n) is 1.96. The van der Waals surface area contributed by atoms with Crippen LogP contribution < -0.4 is 10.1 Å². The molecule has 3 nitrogen and oxygen atoms in total. The first-order valence-corrected chi connectivity index (χ1v) is 7.77. The van der Waals surface area contributed by atoms with Crippen molar-refractivity contribution in [3.8, 4) is 5.75 Å². The number of aromatic nitrogens is 1. The van der Waals surface area contributed by atoms with E-state index < -0.39 is 0 Å². The van der Waals surface area contributed by atoms with Crippen LogP contribution in [0.5, 0.6) is 5.75 Å². The molecule has 0 saturated carbocycles. The highest BCUT2D eigenvalue weighted by molar-refractivity contribution is 9.11. The van der Waals surface area contributed by atoms with Gasteiger partial charge in [0.05, 0.1) is 17.3 Å². The third-order valence-corrected chi connectivity index (χ3v) is 4.70. The Kier molecular flexibility index (Phi) is 4.46. The molecule has 0 aliphatic heterocycles. The third kappa shape index (κ3) is 3.21. The first kappa shape index (κ1) is 13.3. The van der Waals surface area contributed by atoms with Gasteiger partial charge in [-0.15, -0.1) is 11.3 Å². The molecule has 7 heteroatoms. The number of nitrogens with one attached hydrogen (secondary N) is 1. The molecule has 2 rings (SSSR count). The van der Waals surface area contributed by atoms with Crippen LogP contribution in [0.3, 0.4) is 0 Å². The Balaban J connectivity index is 2.32. The van der Waals surface area contributed by atoms with Crippen molar-refractivity contribution in [2.24, 2.45) is 0 Å². The van der Waals surface area contributed by atoms with E-state index in [-0.39, 0.29) is 0 Å². The van der Waals surface area contributed by atoms with Gasteiger partial charge >= 0.3 is 0 Å². The number of nitrogens with zero attached hydrogens (tertiary/aromatic N) is 1. The summed E-state index contributed by atoms with van der Waals surface area (Å²) in [7, 11) is 1.64. The quantitative estimate of drug-likeness (QED) is 0.710. The summed E-state index contributed by atoms with van der Waals surface area (Å²) in [5.74, 6) is 0.770. The van der Waals surface area contributed by atoms with Crippen molar-refractivity contribution < 1.29 is 4.74 Å². The first-order valence-electron chi connectivity index (χ1n) is 4.51. The molecule has 1 heterocycles. The SMILES string of the molecule is COc1cc(Nc2nc(Br)cs2)c(Br)cc1Br. The van der Waals surface area contributed by atoms with E-state index >= 15 is 0 Å². The summed E-state index contributed by atoms with van der Waals surface area (Å²) in [5, 5.41) is 5.97. The molecular weight excluding hydrogens is 436 g/mol. The lowest BCUT2D eigenvalue weighted by Gasteiger charge is -2.09. The topological polar surface area (TPSA) is 34.1 Å². The first-order chi connectivity index (χ1) is 8.10. The zero-order valence-corrected chi connectivity index (χ0v) is 14.2. The second kappa shape index (κ2) is 5.69. The van der Waals surface area contributed by atoms with Crippen molar-refractivity contribution >= 4 is 69.9 Å². The van der Waals surface area contributed by atoms with Gasteiger partial charge in [0.15, 0.2) is 5.13 Å². The number of halogens is 3. The van der Waals surface area contributed by atoms with Gasteiger partial charge in [0.1, 0.15) is 10.4 Å². The van der Waals surface area contributed by atoms with E-state index in [0.29, 0.717) is 0 Å². The molecule has 1 aromatic heterocycles. The molecule has 0 saturated heterocycles. The van der Waals surface area contributed by atoms with Crippen molar-refractivity contribution in [1.29, 1.82) is 0 Å². The fourth-order valence-corrected chi connectivity index (χ4v) is 3.62. The van der Waals surface area contributed by atoms with Crippen molar-refractivity contribution in [2.75, 3.05) is 12.4 Å². The molecule has 0 spiro atoms. The van der Waals surface area contributed by atoms with E-state index in [9.17, 15) is 0 Å². The Morgan fingerprint density at radius 2 is 2.00 bits per heavy atom. The summed E-state index contributed by atoms with van der Waals surface area (Å²) in [4.78, 5) is 4.28. The molecule has 90 valence electrons. The molecule has 0 unspecified atom stereocenters. The van der Waals surface area contributed by atoms with Gasteiger partial charge in [-0.1, -0.05) is 0 Å². The monoisotopic (exact) mass is 440 g/mol. The van der Waals surface area contributed by atoms with Gasteiger partial charge in [-0.3, -0.25) is 0 Å². The van der Waals surface area contributed by atoms with E-state index in [4.69, 9.17) is 4.74 Å². The molecule has 2 aromatic rings. The van der Waals surface area contributed by atoms with Gasteiger partial charge in [0.25, 0.3) is 0 Å². The highest BCUT2D eigenvalue weighted by Crippen LogP contribution is 2.36. The predicted octanol–water partition coefficient (Wildman–Crippen LogP) is 5.18. The summed E-state index contributed by atoms with van der Waals surface area (Å²) in [6.45, 7) is 0. The fourth-order valence-electron chi connectivity index (χ4n) is 1.21. The van der Waals surface area contributed by atoms with Crippen molar-refractivity contribution in [1.82, 2.24) is 4.98 Å². The predicted molar refractivity (Wildman–Crippen MR) is 81.5 cm³/mol. The van der Waals surface area contributed by atoms with Gasteiger partial charge in [-0.25, -0.2) is 4.98 Å². The van der Waals surface area contributed by atoms with Crippen LogP contribution in [0.4, 0.5) is 10.8 Å². The summed E-state index contributed by atoms with van der Waals surface area (Å²) in [6, 6.07) is 3.84. The molecule has 1 N–H and O–H groups in total. The number of hydrogen-bond donors (Lipinski definition) is 1. The zero-order chi connectivity index (χ0) is 12.4. The van der Waals surface area contributed by atoms with Crippen LogP contribution in [0, 0.1) is 0 Å². The molecule has 0 bridgehead atoms.